The van der Waals surface area contributed by atoms with Crippen molar-refractivity contribution >= 4 is 23.1 Å². The Balaban J connectivity index is 1.20. The van der Waals surface area contributed by atoms with Crippen molar-refractivity contribution in [3.8, 4) is 73.6 Å². The Morgan fingerprint density at radius 1 is 0.618 bits per heavy atom. The van der Waals surface area contributed by atoms with Gasteiger partial charge in [-0.15, -0.1) is 0 Å². The van der Waals surface area contributed by atoms with E-state index >= 15 is 0 Å². The van der Waals surface area contributed by atoms with Crippen molar-refractivity contribution in [3.05, 3.63) is 161 Å². The van der Waals surface area contributed by atoms with Crippen molar-refractivity contribution in [1.29, 1.82) is 5.26 Å². The lowest BCUT2D eigenvalue weighted by molar-refractivity contribution is 0.567. The smallest absolute Gasteiger partial charge is 0.164 e. The Morgan fingerprint density at radius 2 is 1.22 bits per heavy atom. The molecule has 0 saturated carbocycles. The number of benzene rings is 6. The zero-order chi connectivity index (χ0) is 37.3. The fourth-order valence-corrected chi connectivity index (χ4v) is 8.46. The lowest BCUT2D eigenvalue weighted by Gasteiger charge is -2.22. The van der Waals surface area contributed by atoms with Crippen LogP contribution in [0, 0.1) is 17.2 Å². The molecule has 0 N–H and O–H groups in total. The molecule has 0 saturated heterocycles. The van der Waals surface area contributed by atoms with Crippen molar-refractivity contribution in [2.75, 3.05) is 0 Å². The fourth-order valence-electron chi connectivity index (χ4n) is 8.46. The van der Waals surface area contributed by atoms with Gasteiger partial charge in [0, 0.05) is 38.3 Å². The van der Waals surface area contributed by atoms with Gasteiger partial charge < -0.3 is 4.42 Å². The fraction of sp³-hybridized carbons (Fsp3) is 0.120. The van der Waals surface area contributed by atoms with Crippen LogP contribution in [0.4, 0.5) is 0 Å². The molecule has 0 aliphatic heterocycles. The zero-order valence-electron chi connectivity index (χ0n) is 30.8. The van der Waals surface area contributed by atoms with Gasteiger partial charge in [0.1, 0.15) is 11.0 Å². The van der Waals surface area contributed by atoms with Gasteiger partial charge >= 0.3 is 0 Å². The van der Waals surface area contributed by atoms with E-state index < -0.39 is 0 Å². The van der Waals surface area contributed by atoms with Crippen LogP contribution in [-0.2, 0) is 5.41 Å². The van der Waals surface area contributed by atoms with Gasteiger partial charge in [0.25, 0.3) is 0 Å². The summed E-state index contributed by atoms with van der Waals surface area (Å²) in [6, 6.07) is 48.3. The minimum atomic E-state index is -0.268. The summed E-state index contributed by atoms with van der Waals surface area (Å²) in [6.45, 7) is 6.78. The van der Waals surface area contributed by atoms with Crippen LogP contribution < -0.4 is 10.6 Å². The highest BCUT2D eigenvalue weighted by Gasteiger charge is 2.36. The van der Waals surface area contributed by atoms with Crippen molar-refractivity contribution in [2.24, 2.45) is 5.92 Å². The summed E-state index contributed by atoms with van der Waals surface area (Å²) < 4.78 is 6.56. The van der Waals surface area contributed by atoms with E-state index in [1.807, 2.05) is 66.7 Å². The molecule has 10 rings (SSSR count). The van der Waals surface area contributed by atoms with E-state index in [-0.39, 0.29) is 5.41 Å². The standard InChI is InChI=1S/C50H36N4O/c1-30-17-23-43-40(25-30)46-44(55-43)24-22-37(34-19-21-39-38-20-18-31(29-51)26-41(38)50(2,3)42(39)28-34)45(46)35-15-10-16-36(27-35)49-53-47(32-11-6-4-7-12-32)52-48(54-49)33-13-8-5-9-14-33/h4-16,18-28,30H,17H2,1-3H3. The Labute approximate surface area is 319 Å². The van der Waals surface area contributed by atoms with Crippen LogP contribution in [0.2, 0.25) is 0 Å². The molecular weight excluding hydrogens is 673 g/mol. The van der Waals surface area contributed by atoms with Gasteiger partial charge in [-0.1, -0.05) is 130 Å². The van der Waals surface area contributed by atoms with Crippen LogP contribution in [0.25, 0.3) is 90.7 Å². The first-order valence-electron chi connectivity index (χ1n) is 18.8. The first kappa shape index (κ1) is 32.7. The molecule has 2 aliphatic carbocycles. The first-order chi connectivity index (χ1) is 26.9. The molecule has 1 atom stereocenters. The van der Waals surface area contributed by atoms with Crippen LogP contribution in [-0.4, -0.2) is 15.0 Å². The molecule has 0 fully saturated rings. The topological polar surface area (TPSA) is 75.6 Å². The maximum atomic E-state index is 9.71. The third kappa shape index (κ3) is 5.41. The molecular formula is C50H36N4O. The second-order valence-corrected chi connectivity index (χ2v) is 15.2. The number of nitrogens with zero attached hydrogens (tertiary/aromatic N) is 4. The predicted octanol–water partition coefficient (Wildman–Crippen LogP) is 10.7. The summed E-state index contributed by atoms with van der Waals surface area (Å²) >= 11 is 0. The highest BCUT2D eigenvalue weighted by Crippen LogP contribution is 2.50. The minimum absolute atomic E-state index is 0.268. The van der Waals surface area contributed by atoms with E-state index in [2.05, 4.69) is 106 Å². The summed E-state index contributed by atoms with van der Waals surface area (Å²) in [5.74, 6) is 2.26. The van der Waals surface area contributed by atoms with Gasteiger partial charge in [0.2, 0.25) is 0 Å². The van der Waals surface area contributed by atoms with Crippen molar-refractivity contribution in [2.45, 2.75) is 32.6 Å². The Hall–Kier alpha value is -6.90. The number of aromatic nitrogens is 3. The molecule has 5 nitrogen and oxygen atoms in total. The molecule has 262 valence electrons. The van der Waals surface area contributed by atoms with Crippen molar-refractivity contribution in [3.63, 3.8) is 0 Å². The number of hydrogen-bond donors (Lipinski definition) is 0. The van der Waals surface area contributed by atoms with Crippen molar-refractivity contribution < 1.29 is 4.42 Å². The number of hydrogen-bond acceptors (Lipinski definition) is 5. The first-order valence-corrected chi connectivity index (χ1v) is 18.8. The average molecular weight is 709 g/mol. The molecule has 0 spiro atoms. The SMILES string of the molecule is CC1C=c2c(oc3ccc(-c4ccc5c(c4)C(C)(C)c4cc(C#N)ccc4-5)c(-c4cccc(-c5nc(-c6ccccc6)nc(-c6ccccc6)n5)c4)c23)=CC1. The summed E-state index contributed by atoms with van der Waals surface area (Å²) in [5, 5.41) is 12.0. The van der Waals surface area contributed by atoms with Gasteiger partial charge in [-0.25, -0.2) is 15.0 Å². The molecule has 0 bridgehead atoms. The summed E-state index contributed by atoms with van der Waals surface area (Å²) in [7, 11) is 0. The normalized spacial score (nSPS) is 15.0. The van der Waals surface area contributed by atoms with E-state index in [1.165, 1.54) is 22.3 Å². The third-order valence-electron chi connectivity index (χ3n) is 11.3. The van der Waals surface area contributed by atoms with E-state index in [0.29, 0.717) is 29.0 Å². The maximum Gasteiger partial charge on any atom is 0.164 e. The largest absolute Gasteiger partial charge is 0.456 e. The molecule has 0 amide bonds. The molecule has 6 aromatic carbocycles. The van der Waals surface area contributed by atoms with Crippen LogP contribution in [0.1, 0.15) is 43.9 Å². The summed E-state index contributed by atoms with van der Waals surface area (Å²) in [4.78, 5) is 15.1. The van der Waals surface area contributed by atoms with Crippen molar-refractivity contribution in [1.82, 2.24) is 15.0 Å². The second kappa shape index (κ2) is 12.6. The third-order valence-corrected chi connectivity index (χ3v) is 11.3. The molecule has 0 radical (unpaired) electrons. The quantitative estimate of drug-likeness (QED) is 0.178. The van der Waals surface area contributed by atoms with Crippen LogP contribution in [0.15, 0.2) is 138 Å². The van der Waals surface area contributed by atoms with Gasteiger partial charge in [-0.3, -0.25) is 0 Å². The van der Waals surface area contributed by atoms with E-state index in [4.69, 9.17) is 19.4 Å². The predicted molar refractivity (Wildman–Crippen MR) is 221 cm³/mol. The Kier molecular flexibility index (Phi) is 7.50. The molecule has 2 aliphatic rings. The van der Waals surface area contributed by atoms with E-state index in [1.54, 1.807) is 0 Å². The van der Waals surface area contributed by atoms with E-state index in [9.17, 15) is 5.26 Å². The molecule has 2 aromatic heterocycles. The second-order valence-electron chi connectivity index (χ2n) is 15.2. The van der Waals surface area contributed by atoms with Crippen LogP contribution in [0.3, 0.4) is 0 Å². The Bertz CT molecular complexity index is 2950. The van der Waals surface area contributed by atoms with Crippen LogP contribution >= 0.6 is 0 Å². The number of nitriles is 1. The summed E-state index contributed by atoms with van der Waals surface area (Å²) in [6.07, 6.45) is 5.54. The van der Waals surface area contributed by atoms with Gasteiger partial charge in [0.05, 0.1) is 11.6 Å². The lowest BCUT2D eigenvalue weighted by Crippen LogP contribution is -2.25. The monoisotopic (exact) mass is 708 g/mol. The van der Waals surface area contributed by atoms with Gasteiger partial charge in [-0.05, 0) is 87.7 Å². The summed E-state index contributed by atoms with van der Waals surface area (Å²) in [5.41, 5.74) is 14.3. The maximum absolute atomic E-state index is 9.71. The zero-order valence-corrected chi connectivity index (χ0v) is 30.8. The van der Waals surface area contributed by atoms with Gasteiger partial charge in [-0.2, -0.15) is 5.26 Å². The molecule has 1 unspecified atom stereocenters. The number of rotatable bonds is 5. The lowest BCUT2D eigenvalue weighted by atomic mass is 9.80. The molecule has 5 heteroatoms. The number of furan rings is 1. The van der Waals surface area contributed by atoms with E-state index in [0.717, 1.165) is 67.0 Å². The minimum Gasteiger partial charge on any atom is -0.456 e. The van der Waals surface area contributed by atoms with Crippen LogP contribution in [0.5, 0.6) is 0 Å². The van der Waals surface area contributed by atoms with Gasteiger partial charge in [0.15, 0.2) is 17.5 Å². The highest BCUT2D eigenvalue weighted by molar-refractivity contribution is 6.04. The molecule has 55 heavy (non-hydrogen) atoms. The highest BCUT2D eigenvalue weighted by atomic mass is 16.3. The molecule has 2 heterocycles. The number of fused-ring (bicyclic) bond motifs is 6. The average Bonchev–Trinajstić information content (AvgIpc) is 3.71. The Morgan fingerprint density at radius 3 is 1.91 bits per heavy atom. The molecule has 8 aromatic rings.